The van der Waals surface area contributed by atoms with Crippen LogP contribution >= 0.6 is 22.6 Å². The normalized spacial score (nSPS) is 39.8. The van der Waals surface area contributed by atoms with Crippen LogP contribution in [-0.4, -0.2) is 6.04 Å². The minimum absolute atomic E-state index is 0.180. The number of nitrogens with two attached hydrogens (primary N) is 1. The molecule has 0 amide bonds. The molecule has 2 bridgehead atoms. The number of anilines is 2. The number of benzene rings is 1. The van der Waals surface area contributed by atoms with Crippen LogP contribution in [0, 0.1) is 33.1 Å². The number of hydrogen-bond donors (Lipinski definition) is 2. The van der Waals surface area contributed by atoms with Crippen molar-refractivity contribution in [2.24, 2.45) is 23.7 Å². The Bertz CT molecular complexity index is 503. The lowest BCUT2D eigenvalue weighted by molar-refractivity contribution is 0.456. The van der Waals surface area contributed by atoms with Crippen LogP contribution in [0.15, 0.2) is 12.1 Å². The van der Waals surface area contributed by atoms with E-state index in [1.807, 2.05) is 22.6 Å². The van der Waals surface area contributed by atoms with Crippen LogP contribution in [0.1, 0.15) is 19.3 Å². The molecule has 4 rings (SSSR count). The molecule has 96 valence electrons. The summed E-state index contributed by atoms with van der Waals surface area (Å²) in [4.78, 5) is 0. The van der Waals surface area contributed by atoms with Gasteiger partial charge in [-0.2, -0.15) is 0 Å². The van der Waals surface area contributed by atoms with Gasteiger partial charge in [-0.05, 0) is 71.6 Å². The zero-order valence-corrected chi connectivity index (χ0v) is 12.2. The first-order valence-corrected chi connectivity index (χ1v) is 7.74. The Hall–Kier alpha value is -0.520. The Morgan fingerprint density at radius 3 is 2.56 bits per heavy atom. The van der Waals surface area contributed by atoms with Gasteiger partial charge in [0.1, 0.15) is 5.82 Å². The maximum Gasteiger partial charge on any atom is 0.138 e. The van der Waals surface area contributed by atoms with Crippen molar-refractivity contribution in [2.45, 2.75) is 25.3 Å². The molecule has 18 heavy (non-hydrogen) atoms. The van der Waals surface area contributed by atoms with Crippen molar-refractivity contribution >= 4 is 34.0 Å². The van der Waals surface area contributed by atoms with E-state index in [1.165, 1.54) is 19.3 Å². The van der Waals surface area contributed by atoms with Gasteiger partial charge in [0.2, 0.25) is 0 Å². The minimum atomic E-state index is -0.180. The van der Waals surface area contributed by atoms with Gasteiger partial charge < -0.3 is 11.1 Å². The average Bonchev–Trinajstić information content (AvgIpc) is 2.72. The van der Waals surface area contributed by atoms with Crippen molar-refractivity contribution < 1.29 is 4.39 Å². The second-order valence-electron chi connectivity index (χ2n) is 6.01. The van der Waals surface area contributed by atoms with E-state index in [0.717, 1.165) is 29.4 Å². The Kier molecular flexibility index (Phi) is 2.35. The van der Waals surface area contributed by atoms with E-state index in [1.54, 1.807) is 12.1 Å². The number of nitrogen functional groups attached to an aromatic ring is 1. The summed E-state index contributed by atoms with van der Waals surface area (Å²) in [6, 6.07) is 3.82. The summed E-state index contributed by atoms with van der Waals surface area (Å²) in [5.41, 5.74) is 7.42. The second kappa shape index (κ2) is 3.74. The number of hydrogen-bond acceptors (Lipinski definition) is 2. The van der Waals surface area contributed by atoms with Gasteiger partial charge in [-0.3, -0.25) is 0 Å². The molecule has 3 saturated carbocycles. The lowest BCUT2D eigenvalue weighted by Crippen LogP contribution is -2.14. The van der Waals surface area contributed by atoms with Crippen molar-refractivity contribution in [3.63, 3.8) is 0 Å². The molecule has 4 atom stereocenters. The molecule has 0 aromatic heterocycles. The number of rotatable bonds is 2. The molecule has 3 aliphatic carbocycles. The van der Waals surface area contributed by atoms with E-state index >= 15 is 0 Å². The summed E-state index contributed by atoms with van der Waals surface area (Å²) >= 11 is 1.98. The molecular weight excluding hydrogens is 342 g/mol. The summed E-state index contributed by atoms with van der Waals surface area (Å²) in [5.74, 6) is 3.34. The third kappa shape index (κ3) is 1.50. The summed E-state index contributed by atoms with van der Waals surface area (Å²) < 4.78 is 14.2. The van der Waals surface area contributed by atoms with E-state index in [9.17, 15) is 4.39 Å². The van der Waals surface area contributed by atoms with Crippen molar-refractivity contribution in [3.05, 3.63) is 21.5 Å². The Morgan fingerprint density at radius 2 is 1.89 bits per heavy atom. The van der Waals surface area contributed by atoms with Crippen LogP contribution < -0.4 is 11.1 Å². The van der Waals surface area contributed by atoms with E-state index in [2.05, 4.69) is 5.32 Å². The van der Waals surface area contributed by atoms with Crippen LogP contribution in [0.4, 0.5) is 15.8 Å². The van der Waals surface area contributed by atoms with Crippen LogP contribution in [0.5, 0.6) is 0 Å². The highest BCUT2D eigenvalue weighted by molar-refractivity contribution is 14.1. The van der Waals surface area contributed by atoms with Crippen LogP contribution in [0.25, 0.3) is 0 Å². The third-order valence-electron chi connectivity index (χ3n) is 5.15. The maximum atomic E-state index is 13.6. The molecule has 3 aliphatic rings. The van der Waals surface area contributed by atoms with Gasteiger partial charge in [0.25, 0.3) is 0 Å². The third-order valence-corrected chi connectivity index (χ3v) is 5.98. The maximum absolute atomic E-state index is 13.6. The molecule has 1 aromatic rings. The van der Waals surface area contributed by atoms with E-state index in [0.29, 0.717) is 15.3 Å². The van der Waals surface area contributed by atoms with Gasteiger partial charge in [0.05, 0.1) is 14.9 Å². The zero-order chi connectivity index (χ0) is 12.4. The summed E-state index contributed by atoms with van der Waals surface area (Å²) in [7, 11) is 0. The number of halogens is 2. The summed E-state index contributed by atoms with van der Waals surface area (Å²) in [5, 5.41) is 3.49. The summed E-state index contributed by atoms with van der Waals surface area (Å²) in [6.45, 7) is 0. The molecule has 0 heterocycles. The van der Waals surface area contributed by atoms with Gasteiger partial charge in [-0.25, -0.2) is 4.39 Å². The van der Waals surface area contributed by atoms with Crippen molar-refractivity contribution in [3.8, 4) is 0 Å². The van der Waals surface area contributed by atoms with E-state index < -0.39 is 0 Å². The Morgan fingerprint density at radius 1 is 1.22 bits per heavy atom. The Labute approximate surface area is 120 Å². The molecular formula is C14H16FIN2. The first-order valence-electron chi connectivity index (χ1n) is 6.66. The highest BCUT2D eigenvalue weighted by atomic mass is 127. The second-order valence-corrected chi connectivity index (χ2v) is 7.17. The first-order chi connectivity index (χ1) is 8.65. The van der Waals surface area contributed by atoms with E-state index in [-0.39, 0.29) is 5.82 Å². The van der Waals surface area contributed by atoms with Gasteiger partial charge in [0.15, 0.2) is 0 Å². The topological polar surface area (TPSA) is 38.0 Å². The molecule has 0 radical (unpaired) electrons. The van der Waals surface area contributed by atoms with Crippen molar-refractivity contribution in [1.82, 2.24) is 0 Å². The highest BCUT2D eigenvalue weighted by Crippen LogP contribution is 2.66. The summed E-state index contributed by atoms with van der Waals surface area (Å²) in [6.07, 6.45) is 4.24. The zero-order valence-electron chi connectivity index (χ0n) is 10.00. The number of nitrogens with one attached hydrogen (secondary N) is 1. The van der Waals surface area contributed by atoms with Gasteiger partial charge in [-0.1, -0.05) is 0 Å². The van der Waals surface area contributed by atoms with Gasteiger partial charge >= 0.3 is 0 Å². The molecule has 4 unspecified atom stereocenters. The van der Waals surface area contributed by atoms with Crippen LogP contribution in [0.3, 0.4) is 0 Å². The molecule has 3 N–H and O–H groups in total. The van der Waals surface area contributed by atoms with Crippen LogP contribution in [-0.2, 0) is 0 Å². The highest BCUT2D eigenvalue weighted by Gasteiger charge is 2.65. The van der Waals surface area contributed by atoms with Crippen LogP contribution in [0.2, 0.25) is 0 Å². The molecule has 0 saturated heterocycles. The standard InChI is InChI=1S/C14H16FIN2/c15-8-4-11(10(17)5-9(8)16)18-14-12-6-1-2-7(3-6)13(12)14/h4-7,12-14,18H,1-3,17H2. The lowest BCUT2D eigenvalue weighted by Gasteiger charge is -2.14. The molecule has 0 aliphatic heterocycles. The average molecular weight is 358 g/mol. The predicted octanol–water partition coefficient (Wildman–Crippen LogP) is 3.47. The van der Waals surface area contributed by atoms with E-state index in [4.69, 9.17) is 5.73 Å². The van der Waals surface area contributed by atoms with Gasteiger partial charge in [-0.15, -0.1) is 0 Å². The lowest BCUT2D eigenvalue weighted by atomic mass is 10.0. The fraction of sp³-hybridized carbons (Fsp3) is 0.571. The molecule has 3 fully saturated rings. The Balaban J connectivity index is 1.55. The monoisotopic (exact) mass is 358 g/mol. The molecule has 4 heteroatoms. The molecule has 0 spiro atoms. The van der Waals surface area contributed by atoms with Crippen molar-refractivity contribution in [1.29, 1.82) is 0 Å². The first kappa shape index (κ1) is 11.3. The fourth-order valence-electron chi connectivity index (χ4n) is 4.39. The molecule has 1 aromatic carbocycles. The SMILES string of the molecule is Nc1cc(I)c(F)cc1NC1C2C3CCC(C3)C12. The fourth-order valence-corrected chi connectivity index (χ4v) is 4.88. The quantitative estimate of drug-likeness (QED) is 0.628. The van der Waals surface area contributed by atoms with Gasteiger partial charge in [0, 0.05) is 12.1 Å². The number of fused-ring (bicyclic) bond motifs is 5. The smallest absolute Gasteiger partial charge is 0.138 e. The minimum Gasteiger partial charge on any atom is -0.397 e. The van der Waals surface area contributed by atoms with Crippen molar-refractivity contribution in [2.75, 3.05) is 11.1 Å². The molecule has 2 nitrogen and oxygen atoms in total. The predicted molar refractivity (Wildman–Crippen MR) is 78.8 cm³/mol. The largest absolute Gasteiger partial charge is 0.397 e.